The van der Waals surface area contributed by atoms with Crippen LogP contribution in [0.4, 0.5) is 5.82 Å². The Kier molecular flexibility index (Phi) is 3.84. The van der Waals surface area contributed by atoms with Gasteiger partial charge in [0.05, 0.1) is 12.1 Å². The molecule has 0 unspecified atom stereocenters. The van der Waals surface area contributed by atoms with Gasteiger partial charge in [-0.2, -0.15) is 0 Å². The molecule has 1 aliphatic rings. The number of aromatic nitrogens is 2. The average molecular weight is 256 g/mol. The second-order valence-electron chi connectivity index (χ2n) is 4.99. The summed E-state index contributed by atoms with van der Waals surface area (Å²) in [5, 5.41) is 21.1. The van der Waals surface area contributed by atoms with E-state index < -0.39 is 0 Å². The Bertz CT molecular complexity index is 361. The Morgan fingerprint density at radius 3 is 2.65 bits per heavy atom. The minimum atomic E-state index is -0.241. The highest BCUT2D eigenvalue weighted by Crippen LogP contribution is 2.33. The van der Waals surface area contributed by atoms with Crippen molar-refractivity contribution in [3.8, 4) is 0 Å². The van der Waals surface area contributed by atoms with Crippen molar-refractivity contribution in [3.05, 3.63) is 17.3 Å². The summed E-state index contributed by atoms with van der Waals surface area (Å²) in [4.78, 5) is 0. The van der Waals surface area contributed by atoms with Gasteiger partial charge >= 0.3 is 0 Å². The van der Waals surface area contributed by atoms with E-state index in [0.717, 1.165) is 31.6 Å². The van der Waals surface area contributed by atoms with Crippen LogP contribution in [0.3, 0.4) is 0 Å². The predicted molar refractivity (Wildman–Crippen MR) is 68.1 cm³/mol. The molecule has 0 radical (unpaired) electrons. The lowest BCUT2D eigenvalue weighted by Gasteiger charge is -2.39. The molecular weight excluding hydrogens is 238 g/mol. The van der Waals surface area contributed by atoms with Crippen LogP contribution in [-0.2, 0) is 0 Å². The molecule has 0 aromatic carbocycles. The summed E-state index contributed by atoms with van der Waals surface area (Å²) in [6.45, 7) is 2.38. The average Bonchev–Trinajstić information content (AvgIpc) is 2.35. The molecule has 0 aliphatic heterocycles. The number of aliphatic hydroxyl groups is 1. The molecule has 1 aliphatic carbocycles. The van der Waals surface area contributed by atoms with Crippen LogP contribution in [0.5, 0.6) is 0 Å². The highest BCUT2D eigenvalue weighted by atomic mass is 35.5. The topological polar surface area (TPSA) is 58.0 Å². The first-order valence-electron chi connectivity index (χ1n) is 6.02. The number of nitrogens with one attached hydrogen (secondary N) is 1. The summed E-state index contributed by atoms with van der Waals surface area (Å²) in [6, 6.07) is 3.50. The van der Waals surface area contributed by atoms with Crippen LogP contribution in [-0.4, -0.2) is 27.4 Å². The van der Waals surface area contributed by atoms with Crippen LogP contribution in [0.25, 0.3) is 0 Å². The number of hydrogen-bond donors (Lipinski definition) is 2. The zero-order valence-electron chi connectivity index (χ0n) is 9.99. The van der Waals surface area contributed by atoms with Crippen molar-refractivity contribution in [1.29, 1.82) is 0 Å². The lowest BCUT2D eigenvalue weighted by atomic mass is 9.77. The molecule has 0 spiro atoms. The first-order chi connectivity index (χ1) is 8.13. The number of aliphatic hydroxyl groups excluding tert-OH is 1. The molecule has 1 aromatic rings. The van der Waals surface area contributed by atoms with E-state index in [4.69, 9.17) is 11.6 Å². The molecule has 2 N–H and O–H groups in total. The number of nitrogens with zero attached hydrogens (tertiary/aromatic N) is 2. The third-order valence-corrected chi connectivity index (χ3v) is 3.76. The summed E-state index contributed by atoms with van der Waals surface area (Å²) in [7, 11) is 0. The van der Waals surface area contributed by atoms with Gasteiger partial charge in [-0.1, -0.05) is 18.5 Å². The van der Waals surface area contributed by atoms with Gasteiger partial charge in [0, 0.05) is 0 Å². The fourth-order valence-corrected chi connectivity index (χ4v) is 2.39. The molecule has 1 aromatic heterocycles. The Morgan fingerprint density at radius 2 is 2.12 bits per heavy atom. The van der Waals surface area contributed by atoms with Gasteiger partial charge < -0.3 is 10.4 Å². The fraction of sp³-hybridized carbons (Fsp3) is 0.667. The van der Waals surface area contributed by atoms with E-state index in [9.17, 15) is 5.11 Å². The second kappa shape index (κ2) is 5.19. The molecule has 94 valence electrons. The minimum Gasteiger partial charge on any atom is -0.394 e. The van der Waals surface area contributed by atoms with Gasteiger partial charge in [-0.05, 0) is 43.7 Å². The highest BCUT2D eigenvalue weighted by molar-refractivity contribution is 6.29. The first-order valence-corrected chi connectivity index (χ1v) is 6.40. The van der Waals surface area contributed by atoms with E-state index in [1.165, 1.54) is 0 Å². The van der Waals surface area contributed by atoms with Crippen molar-refractivity contribution in [3.63, 3.8) is 0 Å². The quantitative estimate of drug-likeness (QED) is 0.871. The molecular formula is C12H18ClN3O. The lowest BCUT2D eigenvalue weighted by molar-refractivity contribution is 0.155. The lowest BCUT2D eigenvalue weighted by Crippen LogP contribution is -2.45. The minimum absolute atomic E-state index is 0.129. The van der Waals surface area contributed by atoms with Crippen LogP contribution in [0, 0.1) is 5.92 Å². The van der Waals surface area contributed by atoms with Crippen molar-refractivity contribution in [2.24, 2.45) is 5.92 Å². The third-order valence-electron chi connectivity index (χ3n) is 3.56. The number of halogens is 1. The van der Waals surface area contributed by atoms with Crippen LogP contribution >= 0.6 is 11.6 Å². The van der Waals surface area contributed by atoms with Crippen molar-refractivity contribution in [2.75, 3.05) is 11.9 Å². The molecule has 2 rings (SSSR count). The van der Waals surface area contributed by atoms with E-state index in [-0.39, 0.29) is 12.1 Å². The summed E-state index contributed by atoms with van der Waals surface area (Å²) < 4.78 is 0. The van der Waals surface area contributed by atoms with Crippen molar-refractivity contribution in [1.82, 2.24) is 10.2 Å². The molecule has 5 heteroatoms. The SMILES string of the molecule is CC1CCC(CO)(Nc2ccc(Cl)nn2)CC1. The standard InChI is InChI=1S/C12H18ClN3O/c1-9-4-6-12(8-17,7-5-9)14-11-3-2-10(13)15-16-11/h2-3,9,17H,4-8H2,1H3,(H,14,16). The maximum atomic E-state index is 9.61. The van der Waals surface area contributed by atoms with Gasteiger partial charge in [0.2, 0.25) is 0 Å². The van der Waals surface area contributed by atoms with E-state index >= 15 is 0 Å². The predicted octanol–water partition coefficient (Wildman–Crippen LogP) is 2.48. The fourth-order valence-electron chi connectivity index (χ4n) is 2.29. The molecule has 0 saturated heterocycles. The van der Waals surface area contributed by atoms with Gasteiger partial charge in [-0.3, -0.25) is 0 Å². The number of rotatable bonds is 3. The Balaban J connectivity index is 2.06. The van der Waals surface area contributed by atoms with Crippen LogP contribution < -0.4 is 5.32 Å². The van der Waals surface area contributed by atoms with E-state index in [2.05, 4.69) is 22.4 Å². The van der Waals surface area contributed by atoms with Crippen LogP contribution in [0.15, 0.2) is 12.1 Å². The monoisotopic (exact) mass is 255 g/mol. The van der Waals surface area contributed by atoms with Gasteiger partial charge in [0.1, 0.15) is 5.82 Å². The van der Waals surface area contributed by atoms with Crippen molar-refractivity contribution >= 4 is 17.4 Å². The molecule has 1 saturated carbocycles. The van der Waals surface area contributed by atoms with Gasteiger partial charge in [-0.25, -0.2) is 0 Å². The van der Waals surface area contributed by atoms with Crippen molar-refractivity contribution in [2.45, 2.75) is 38.1 Å². The summed E-state index contributed by atoms with van der Waals surface area (Å²) in [5.41, 5.74) is -0.241. The Labute approximate surface area is 106 Å². The third kappa shape index (κ3) is 3.07. The number of anilines is 1. The smallest absolute Gasteiger partial charge is 0.151 e. The second-order valence-corrected chi connectivity index (χ2v) is 5.37. The first kappa shape index (κ1) is 12.6. The molecule has 0 bridgehead atoms. The zero-order valence-corrected chi connectivity index (χ0v) is 10.7. The largest absolute Gasteiger partial charge is 0.394 e. The van der Waals surface area contributed by atoms with E-state index in [1.807, 2.05) is 0 Å². The van der Waals surface area contributed by atoms with Gasteiger partial charge in [0.25, 0.3) is 0 Å². The molecule has 17 heavy (non-hydrogen) atoms. The Morgan fingerprint density at radius 1 is 1.41 bits per heavy atom. The summed E-state index contributed by atoms with van der Waals surface area (Å²) >= 11 is 5.69. The maximum Gasteiger partial charge on any atom is 0.151 e. The molecule has 4 nitrogen and oxygen atoms in total. The van der Waals surface area contributed by atoms with E-state index in [1.54, 1.807) is 12.1 Å². The summed E-state index contributed by atoms with van der Waals surface area (Å²) in [6.07, 6.45) is 4.20. The highest BCUT2D eigenvalue weighted by Gasteiger charge is 2.33. The molecule has 1 heterocycles. The van der Waals surface area contributed by atoms with Gasteiger partial charge in [0.15, 0.2) is 5.15 Å². The number of hydrogen-bond acceptors (Lipinski definition) is 4. The van der Waals surface area contributed by atoms with Crippen LogP contribution in [0.2, 0.25) is 5.15 Å². The zero-order chi connectivity index (χ0) is 12.3. The molecule has 0 atom stereocenters. The van der Waals surface area contributed by atoms with Crippen LogP contribution in [0.1, 0.15) is 32.6 Å². The van der Waals surface area contributed by atoms with Crippen molar-refractivity contribution < 1.29 is 5.11 Å². The molecule has 1 fully saturated rings. The van der Waals surface area contributed by atoms with Gasteiger partial charge in [-0.15, -0.1) is 10.2 Å². The summed E-state index contributed by atoms with van der Waals surface area (Å²) in [5.74, 6) is 1.42. The van der Waals surface area contributed by atoms with E-state index in [0.29, 0.717) is 11.0 Å². The Hall–Kier alpha value is -0.870. The maximum absolute atomic E-state index is 9.61. The normalized spacial score (nSPS) is 29.0. The molecule has 0 amide bonds.